The molecule has 0 radical (unpaired) electrons. The van der Waals surface area contributed by atoms with Gasteiger partial charge in [-0.15, -0.1) is 11.8 Å². The molecule has 1 fully saturated rings. The molecule has 0 spiro atoms. The lowest BCUT2D eigenvalue weighted by atomic mass is 9.78. The summed E-state index contributed by atoms with van der Waals surface area (Å²) in [6.45, 7) is 1.59. The minimum atomic E-state index is 0.0874. The van der Waals surface area contributed by atoms with Gasteiger partial charge in [-0.3, -0.25) is 4.79 Å². The van der Waals surface area contributed by atoms with Crippen LogP contribution in [0, 0.1) is 5.92 Å². The number of thiazole rings is 1. The van der Waals surface area contributed by atoms with Crippen molar-refractivity contribution in [3.8, 4) is 0 Å². The Morgan fingerprint density at radius 1 is 1.31 bits per heavy atom. The number of nitrogens with one attached hydrogen (secondary N) is 1. The molecule has 26 heavy (non-hydrogen) atoms. The average Bonchev–Trinajstić information content (AvgIpc) is 3.02. The summed E-state index contributed by atoms with van der Waals surface area (Å²) in [5, 5.41) is 4.46. The Morgan fingerprint density at radius 2 is 2.08 bits per heavy atom. The largest absolute Gasteiger partial charge is 0.359 e. The highest BCUT2D eigenvalue weighted by molar-refractivity contribution is 7.98. The van der Waals surface area contributed by atoms with Crippen LogP contribution in [-0.2, 0) is 6.42 Å². The van der Waals surface area contributed by atoms with Gasteiger partial charge in [-0.25, -0.2) is 15.0 Å². The summed E-state index contributed by atoms with van der Waals surface area (Å²) in [5.74, 6) is 1.65. The molecule has 2 aromatic heterocycles. The number of hydrogen-bond acceptors (Lipinski definition) is 7. The summed E-state index contributed by atoms with van der Waals surface area (Å²) in [5.41, 5.74) is 1.68. The molecule has 0 unspecified atom stereocenters. The molecule has 0 atom stereocenters. The Hall–Kier alpha value is -1.99. The van der Waals surface area contributed by atoms with E-state index >= 15 is 0 Å². The Bertz CT molecular complexity index is 932. The molecular formula is C19H20N4OS2. The molecule has 4 rings (SSSR count). The lowest BCUT2D eigenvalue weighted by Gasteiger charge is -2.35. The maximum absolute atomic E-state index is 11.5. The van der Waals surface area contributed by atoms with Crippen molar-refractivity contribution in [3.63, 3.8) is 0 Å². The van der Waals surface area contributed by atoms with Gasteiger partial charge in [0.15, 0.2) is 10.9 Å². The summed E-state index contributed by atoms with van der Waals surface area (Å²) in [7, 11) is 0. The van der Waals surface area contributed by atoms with Crippen LogP contribution in [0.4, 0.5) is 5.13 Å². The zero-order chi connectivity index (χ0) is 18.1. The van der Waals surface area contributed by atoms with E-state index in [2.05, 4.69) is 20.3 Å². The standard InChI is InChI=1S/C19H20N4OS2/c1-11(24)13-3-4-16-17(8-13)26-19(23-16)22-14-5-12(6-14)7-18-20-9-15(25-2)10-21-18/h3-4,8-10,12,14H,5-7H2,1-2H3,(H,22,23). The van der Waals surface area contributed by atoms with Crippen LogP contribution < -0.4 is 5.32 Å². The van der Waals surface area contributed by atoms with Gasteiger partial charge < -0.3 is 5.32 Å². The first-order valence-electron chi connectivity index (χ1n) is 8.63. The molecule has 0 aliphatic heterocycles. The summed E-state index contributed by atoms with van der Waals surface area (Å²) >= 11 is 3.28. The van der Waals surface area contributed by atoms with Crippen molar-refractivity contribution in [1.82, 2.24) is 15.0 Å². The van der Waals surface area contributed by atoms with Crippen molar-refractivity contribution in [3.05, 3.63) is 42.0 Å². The van der Waals surface area contributed by atoms with Gasteiger partial charge >= 0.3 is 0 Å². The van der Waals surface area contributed by atoms with Crippen molar-refractivity contribution in [2.24, 2.45) is 5.92 Å². The van der Waals surface area contributed by atoms with Crippen LogP contribution in [0.25, 0.3) is 10.2 Å². The predicted octanol–water partition coefficient (Wildman–Crippen LogP) is 4.44. The highest BCUT2D eigenvalue weighted by Crippen LogP contribution is 2.35. The third kappa shape index (κ3) is 3.73. The normalized spacial score (nSPS) is 19.3. The van der Waals surface area contributed by atoms with Gasteiger partial charge in [0.05, 0.1) is 10.2 Å². The van der Waals surface area contributed by atoms with Gasteiger partial charge in [0, 0.05) is 35.3 Å². The average molecular weight is 385 g/mol. The fourth-order valence-electron chi connectivity index (χ4n) is 3.21. The summed E-state index contributed by atoms with van der Waals surface area (Å²) < 4.78 is 1.05. The molecular weight excluding hydrogens is 364 g/mol. The van der Waals surface area contributed by atoms with E-state index in [1.165, 1.54) is 0 Å². The van der Waals surface area contributed by atoms with E-state index in [0.717, 1.165) is 50.9 Å². The van der Waals surface area contributed by atoms with Crippen molar-refractivity contribution in [1.29, 1.82) is 0 Å². The number of ketones is 1. The van der Waals surface area contributed by atoms with Crippen LogP contribution >= 0.6 is 23.1 Å². The van der Waals surface area contributed by atoms with Crippen molar-refractivity contribution in [2.45, 2.75) is 37.1 Å². The van der Waals surface area contributed by atoms with E-state index in [9.17, 15) is 4.79 Å². The van der Waals surface area contributed by atoms with E-state index in [1.807, 2.05) is 36.8 Å². The Kier molecular flexibility index (Phi) is 4.91. The van der Waals surface area contributed by atoms with E-state index in [1.54, 1.807) is 30.0 Å². The number of carbonyl (C=O) groups excluding carboxylic acids is 1. The molecule has 5 nitrogen and oxygen atoms in total. The number of rotatable bonds is 6. The Labute approximate surface area is 160 Å². The van der Waals surface area contributed by atoms with Crippen LogP contribution in [0.2, 0.25) is 0 Å². The molecule has 7 heteroatoms. The number of nitrogens with zero attached hydrogens (tertiary/aromatic N) is 3. The monoisotopic (exact) mass is 384 g/mol. The molecule has 134 valence electrons. The number of anilines is 1. The third-order valence-electron chi connectivity index (χ3n) is 4.75. The van der Waals surface area contributed by atoms with E-state index in [4.69, 9.17) is 0 Å². The highest BCUT2D eigenvalue weighted by atomic mass is 32.2. The topological polar surface area (TPSA) is 67.8 Å². The lowest BCUT2D eigenvalue weighted by Crippen LogP contribution is -2.36. The number of thioether (sulfide) groups is 1. The van der Waals surface area contributed by atoms with E-state index < -0.39 is 0 Å². The van der Waals surface area contributed by atoms with Crippen LogP contribution in [0.1, 0.15) is 35.9 Å². The molecule has 1 N–H and O–H groups in total. The minimum absolute atomic E-state index is 0.0874. The third-order valence-corrected chi connectivity index (χ3v) is 6.38. The molecule has 1 saturated carbocycles. The minimum Gasteiger partial charge on any atom is -0.359 e. The number of Topliss-reactive ketones (excluding diaryl/α,β-unsaturated/α-hetero) is 1. The molecule has 1 aliphatic carbocycles. The number of carbonyl (C=O) groups is 1. The number of aromatic nitrogens is 3. The fourth-order valence-corrected chi connectivity index (χ4v) is 4.51. The summed E-state index contributed by atoms with van der Waals surface area (Å²) in [4.78, 5) is 26.1. The number of hydrogen-bond donors (Lipinski definition) is 1. The molecule has 0 saturated heterocycles. The van der Waals surface area contributed by atoms with Crippen molar-refractivity contribution >= 4 is 44.2 Å². The number of benzene rings is 1. The maximum Gasteiger partial charge on any atom is 0.184 e. The van der Waals surface area contributed by atoms with Gasteiger partial charge in [-0.05, 0) is 50.1 Å². The molecule has 0 amide bonds. The lowest BCUT2D eigenvalue weighted by molar-refractivity contribution is 0.101. The Balaban J connectivity index is 1.33. The molecule has 2 heterocycles. The second-order valence-electron chi connectivity index (χ2n) is 6.68. The predicted molar refractivity (Wildman–Crippen MR) is 107 cm³/mol. The molecule has 3 aromatic rings. The zero-order valence-corrected chi connectivity index (χ0v) is 16.4. The van der Waals surface area contributed by atoms with Gasteiger partial charge in [0.2, 0.25) is 0 Å². The van der Waals surface area contributed by atoms with Crippen molar-refractivity contribution in [2.75, 3.05) is 11.6 Å². The second-order valence-corrected chi connectivity index (χ2v) is 8.59. The number of fused-ring (bicyclic) bond motifs is 1. The summed E-state index contributed by atoms with van der Waals surface area (Å²) in [6.07, 6.45) is 9.00. The van der Waals surface area contributed by atoms with Crippen LogP contribution in [0.15, 0.2) is 35.5 Å². The summed E-state index contributed by atoms with van der Waals surface area (Å²) in [6, 6.07) is 6.15. The van der Waals surface area contributed by atoms with Crippen LogP contribution in [-0.4, -0.2) is 33.0 Å². The first kappa shape index (κ1) is 17.4. The van der Waals surface area contributed by atoms with Gasteiger partial charge in [-0.2, -0.15) is 0 Å². The van der Waals surface area contributed by atoms with Crippen LogP contribution in [0.3, 0.4) is 0 Å². The quantitative estimate of drug-likeness (QED) is 0.500. The first-order valence-corrected chi connectivity index (χ1v) is 10.7. The second kappa shape index (κ2) is 7.32. The first-order chi connectivity index (χ1) is 12.6. The van der Waals surface area contributed by atoms with Gasteiger partial charge in [0.25, 0.3) is 0 Å². The van der Waals surface area contributed by atoms with E-state index in [-0.39, 0.29) is 5.78 Å². The SMILES string of the molecule is CSc1cnc(CC2CC(Nc3nc4ccc(C(C)=O)cc4s3)C2)nc1. The zero-order valence-electron chi connectivity index (χ0n) is 14.7. The van der Waals surface area contributed by atoms with Gasteiger partial charge in [0.1, 0.15) is 5.82 Å². The molecule has 1 aliphatic rings. The molecule has 0 bridgehead atoms. The fraction of sp³-hybridized carbons (Fsp3) is 0.368. The van der Waals surface area contributed by atoms with Gasteiger partial charge in [-0.1, -0.05) is 11.3 Å². The molecule has 1 aromatic carbocycles. The highest BCUT2D eigenvalue weighted by Gasteiger charge is 2.30. The van der Waals surface area contributed by atoms with E-state index in [0.29, 0.717) is 12.0 Å². The Morgan fingerprint density at radius 3 is 2.77 bits per heavy atom. The smallest absolute Gasteiger partial charge is 0.184 e. The van der Waals surface area contributed by atoms with Crippen LogP contribution in [0.5, 0.6) is 0 Å². The maximum atomic E-state index is 11.5. The van der Waals surface area contributed by atoms with Crippen molar-refractivity contribution < 1.29 is 4.79 Å².